The van der Waals surface area contributed by atoms with Gasteiger partial charge in [0.15, 0.2) is 5.16 Å². The fourth-order valence-corrected chi connectivity index (χ4v) is 5.65. The molecule has 0 aromatic carbocycles. The van der Waals surface area contributed by atoms with E-state index >= 15 is 0 Å². The number of amides is 1. The molecule has 1 aromatic heterocycles. The fraction of sp³-hybridized carbons (Fsp3) is 0.850. The van der Waals surface area contributed by atoms with Crippen molar-refractivity contribution >= 4 is 17.7 Å². The molecule has 2 atom stereocenters. The lowest BCUT2D eigenvalue weighted by Gasteiger charge is -2.33. The van der Waals surface area contributed by atoms with E-state index in [1.807, 2.05) is 16.7 Å². The van der Waals surface area contributed by atoms with Crippen LogP contribution in [0.5, 0.6) is 0 Å². The summed E-state index contributed by atoms with van der Waals surface area (Å²) in [5.41, 5.74) is 0. The third-order valence-corrected chi connectivity index (χ3v) is 7.15. The average Bonchev–Trinajstić information content (AvgIpc) is 3.49. The summed E-state index contributed by atoms with van der Waals surface area (Å²) in [5.74, 6) is 2.56. The first kappa shape index (κ1) is 20.2. The molecule has 8 heteroatoms. The Morgan fingerprint density at radius 3 is 2.75 bits per heavy atom. The van der Waals surface area contributed by atoms with E-state index in [4.69, 9.17) is 4.74 Å². The van der Waals surface area contributed by atoms with E-state index < -0.39 is 0 Å². The monoisotopic (exact) mass is 407 g/mol. The Morgan fingerprint density at radius 2 is 2.00 bits per heavy atom. The zero-order valence-electron chi connectivity index (χ0n) is 17.0. The molecule has 0 radical (unpaired) electrons. The molecule has 156 valence electrons. The molecule has 0 saturated carbocycles. The van der Waals surface area contributed by atoms with Gasteiger partial charge in [-0.15, -0.1) is 10.2 Å². The van der Waals surface area contributed by atoms with Crippen LogP contribution in [0.3, 0.4) is 0 Å². The summed E-state index contributed by atoms with van der Waals surface area (Å²) in [6, 6.07) is 0. The number of thioether (sulfide) groups is 1. The van der Waals surface area contributed by atoms with Crippen molar-refractivity contribution in [2.45, 2.75) is 69.2 Å². The maximum Gasteiger partial charge on any atom is 0.251 e. The Morgan fingerprint density at radius 1 is 1.14 bits per heavy atom. The first-order chi connectivity index (χ1) is 13.8. The molecule has 4 heterocycles. The number of carbonyl (C=O) groups is 1. The first-order valence-electron chi connectivity index (χ1n) is 10.9. The molecule has 0 N–H and O–H groups in total. The number of aromatic nitrogens is 3. The third-order valence-electron chi connectivity index (χ3n) is 6.20. The molecule has 3 aliphatic rings. The molecular formula is C20H33N5O2S. The highest BCUT2D eigenvalue weighted by atomic mass is 32.2. The van der Waals surface area contributed by atoms with Gasteiger partial charge < -0.3 is 19.1 Å². The van der Waals surface area contributed by atoms with Crippen LogP contribution in [-0.4, -0.2) is 81.7 Å². The van der Waals surface area contributed by atoms with Crippen molar-refractivity contribution in [2.24, 2.45) is 0 Å². The summed E-state index contributed by atoms with van der Waals surface area (Å²) in [5, 5.41) is 10.1. The fourth-order valence-electron chi connectivity index (χ4n) is 4.64. The van der Waals surface area contributed by atoms with Crippen LogP contribution < -0.4 is 0 Å². The van der Waals surface area contributed by atoms with Crippen LogP contribution in [-0.2, 0) is 16.1 Å². The molecule has 28 heavy (non-hydrogen) atoms. The lowest BCUT2D eigenvalue weighted by Crippen LogP contribution is -2.44. The van der Waals surface area contributed by atoms with Crippen LogP contribution in [0.1, 0.15) is 57.2 Å². The summed E-state index contributed by atoms with van der Waals surface area (Å²) < 4.78 is 7.88. The number of ether oxygens (including phenoxy) is 1. The van der Waals surface area contributed by atoms with Gasteiger partial charge in [-0.25, -0.2) is 0 Å². The largest absolute Gasteiger partial charge is 0.368 e. The van der Waals surface area contributed by atoms with Gasteiger partial charge in [0.25, 0.3) is 5.91 Å². The zero-order chi connectivity index (χ0) is 19.3. The minimum Gasteiger partial charge on any atom is -0.368 e. The third kappa shape index (κ3) is 4.54. The van der Waals surface area contributed by atoms with Gasteiger partial charge in [0.05, 0.1) is 0 Å². The van der Waals surface area contributed by atoms with Crippen molar-refractivity contribution in [3.63, 3.8) is 0 Å². The highest BCUT2D eigenvalue weighted by Gasteiger charge is 2.33. The maximum absolute atomic E-state index is 12.8. The van der Waals surface area contributed by atoms with Gasteiger partial charge in [-0.2, -0.15) is 0 Å². The second-order valence-electron chi connectivity index (χ2n) is 8.11. The quantitative estimate of drug-likeness (QED) is 0.647. The summed E-state index contributed by atoms with van der Waals surface area (Å²) in [4.78, 5) is 17.3. The molecule has 3 fully saturated rings. The smallest absolute Gasteiger partial charge is 0.251 e. The van der Waals surface area contributed by atoms with Crippen LogP contribution in [0, 0.1) is 0 Å². The standard InChI is InChI=1S/C20H33N5O2S/c1-2-25-18(21-22-20(25)28-14-12-23-9-3-4-10-23)16-7-5-11-24(15-16)19(26)17-8-6-13-27-17/h16-17H,2-15H2,1H3/t16-,17-/m0/s1. The average molecular weight is 408 g/mol. The summed E-state index contributed by atoms with van der Waals surface area (Å²) in [6.45, 7) is 8.95. The van der Waals surface area contributed by atoms with Gasteiger partial charge in [0, 0.05) is 44.5 Å². The number of nitrogens with zero attached hydrogens (tertiary/aromatic N) is 5. The topological polar surface area (TPSA) is 63.5 Å². The number of carbonyl (C=O) groups excluding carboxylic acids is 1. The molecule has 0 unspecified atom stereocenters. The normalized spacial score (nSPS) is 26.2. The lowest BCUT2D eigenvalue weighted by molar-refractivity contribution is -0.142. The number of hydrogen-bond donors (Lipinski definition) is 0. The van der Waals surface area contributed by atoms with Crippen molar-refractivity contribution in [1.82, 2.24) is 24.6 Å². The Hall–Kier alpha value is -1.12. The van der Waals surface area contributed by atoms with E-state index in [9.17, 15) is 4.79 Å². The van der Waals surface area contributed by atoms with Gasteiger partial charge in [-0.1, -0.05) is 11.8 Å². The van der Waals surface area contributed by atoms with Crippen molar-refractivity contribution in [3.05, 3.63) is 5.82 Å². The predicted octanol–water partition coefficient (Wildman–Crippen LogP) is 2.37. The van der Waals surface area contributed by atoms with Crippen LogP contribution in [0.25, 0.3) is 0 Å². The molecule has 0 spiro atoms. The Kier molecular flexibility index (Phi) is 6.90. The van der Waals surface area contributed by atoms with Crippen LogP contribution in [0.2, 0.25) is 0 Å². The van der Waals surface area contributed by atoms with E-state index in [0.29, 0.717) is 0 Å². The Labute approximate surface area is 172 Å². The second kappa shape index (κ2) is 9.59. The second-order valence-corrected chi connectivity index (χ2v) is 9.17. The summed E-state index contributed by atoms with van der Waals surface area (Å²) >= 11 is 1.82. The molecule has 3 saturated heterocycles. The number of rotatable bonds is 7. The number of likely N-dealkylation sites (tertiary alicyclic amines) is 2. The first-order valence-corrected chi connectivity index (χ1v) is 11.9. The van der Waals surface area contributed by atoms with Gasteiger partial charge >= 0.3 is 0 Å². The predicted molar refractivity (Wildman–Crippen MR) is 110 cm³/mol. The van der Waals surface area contributed by atoms with Crippen molar-refractivity contribution in [2.75, 3.05) is 45.1 Å². The van der Waals surface area contributed by atoms with Crippen LogP contribution >= 0.6 is 11.8 Å². The highest BCUT2D eigenvalue weighted by Crippen LogP contribution is 2.30. The molecule has 1 aromatic rings. The molecule has 7 nitrogen and oxygen atoms in total. The van der Waals surface area contributed by atoms with Gasteiger partial charge in [-0.3, -0.25) is 4.79 Å². The minimum atomic E-state index is -0.223. The van der Waals surface area contributed by atoms with Gasteiger partial charge in [0.1, 0.15) is 11.9 Å². The molecule has 3 aliphatic heterocycles. The van der Waals surface area contributed by atoms with Crippen LogP contribution in [0.15, 0.2) is 5.16 Å². The lowest BCUT2D eigenvalue weighted by atomic mass is 9.96. The van der Waals surface area contributed by atoms with Crippen molar-refractivity contribution < 1.29 is 9.53 Å². The summed E-state index contributed by atoms with van der Waals surface area (Å²) in [6.07, 6.45) is 6.41. The van der Waals surface area contributed by atoms with E-state index in [0.717, 1.165) is 75.2 Å². The van der Waals surface area contributed by atoms with Crippen molar-refractivity contribution in [3.8, 4) is 0 Å². The molecule has 1 amide bonds. The minimum absolute atomic E-state index is 0.171. The van der Waals surface area contributed by atoms with Gasteiger partial charge in [-0.05, 0) is 58.5 Å². The molecule has 4 rings (SSSR count). The van der Waals surface area contributed by atoms with E-state index in [1.54, 1.807) is 0 Å². The zero-order valence-corrected chi connectivity index (χ0v) is 17.8. The number of hydrogen-bond acceptors (Lipinski definition) is 6. The van der Waals surface area contributed by atoms with Crippen LogP contribution in [0.4, 0.5) is 0 Å². The maximum atomic E-state index is 12.8. The highest BCUT2D eigenvalue weighted by molar-refractivity contribution is 7.99. The van der Waals surface area contributed by atoms with Crippen molar-refractivity contribution in [1.29, 1.82) is 0 Å². The molecule has 0 bridgehead atoms. The van der Waals surface area contributed by atoms with Gasteiger partial charge in [0.2, 0.25) is 0 Å². The SMILES string of the molecule is CCn1c(SCCN2CCCC2)nnc1[C@H]1CCCN(C(=O)[C@@H]2CCCO2)C1. The Bertz CT molecular complexity index is 655. The van der Waals surface area contributed by atoms with E-state index in [1.165, 1.54) is 25.9 Å². The number of piperidine rings is 1. The molecular weight excluding hydrogens is 374 g/mol. The Balaban J connectivity index is 1.37. The van der Waals surface area contributed by atoms with E-state index in [-0.39, 0.29) is 17.9 Å². The molecule has 0 aliphatic carbocycles. The van der Waals surface area contributed by atoms with E-state index in [2.05, 4.69) is 26.6 Å². The summed E-state index contributed by atoms with van der Waals surface area (Å²) in [7, 11) is 0.